The lowest BCUT2D eigenvalue weighted by atomic mass is 9.94. The summed E-state index contributed by atoms with van der Waals surface area (Å²) in [5.41, 5.74) is 1.38. The van der Waals surface area contributed by atoms with E-state index < -0.39 is 6.10 Å². The Balaban J connectivity index is 5.13. The fraction of sp³-hybridized carbons (Fsp3) is 0.763. The van der Waals surface area contributed by atoms with Crippen molar-refractivity contribution < 1.29 is 33.4 Å². The van der Waals surface area contributed by atoms with E-state index in [1.807, 2.05) is 0 Å². The van der Waals surface area contributed by atoms with Crippen LogP contribution < -0.4 is 0 Å². The molecule has 0 aromatic rings. The first-order valence-electron chi connectivity index (χ1n) is 35.4. The van der Waals surface area contributed by atoms with E-state index in [2.05, 4.69) is 107 Å². The molecule has 0 N–H and O–H groups in total. The topological polar surface area (TPSA) is 96.0 Å². The molecule has 2 unspecified atom stereocenters. The molecule has 0 rings (SSSR count). The molecular weight excluding hydrogens is 1020 g/mol. The van der Waals surface area contributed by atoms with Crippen molar-refractivity contribution in [2.24, 2.45) is 5.92 Å². The monoisotopic (exact) mass is 1160 g/mol. The smallest absolute Gasteiger partial charge is 0.306 e. The normalized spacial score (nSPS) is 13.0. The van der Waals surface area contributed by atoms with Crippen LogP contribution in [-0.2, 0) is 33.4 Å². The van der Waals surface area contributed by atoms with Gasteiger partial charge in [0.15, 0.2) is 6.10 Å². The molecule has 0 spiro atoms. The molecule has 2 atom stereocenters. The molecular formula is C76H132O7. The van der Waals surface area contributed by atoms with Gasteiger partial charge in [-0.2, -0.15) is 0 Å². The summed E-state index contributed by atoms with van der Waals surface area (Å²) in [6.45, 7) is 10.5. The average Bonchev–Trinajstić information content (AvgIpc) is 3.51. The van der Waals surface area contributed by atoms with E-state index in [4.69, 9.17) is 14.2 Å². The van der Waals surface area contributed by atoms with Crippen LogP contribution in [-0.4, -0.2) is 43.0 Å². The van der Waals surface area contributed by atoms with Crippen LogP contribution >= 0.6 is 0 Å². The lowest BCUT2D eigenvalue weighted by molar-refractivity contribution is -0.167. The molecule has 0 aromatic heterocycles. The van der Waals surface area contributed by atoms with E-state index in [0.29, 0.717) is 25.0 Å². The predicted octanol–water partition coefficient (Wildman–Crippen LogP) is 23.6. The molecule has 0 saturated carbocycles. The SMILES string of the molecule is CCC/C=C/C=C/C(/C=C/CCCCCCCC(C)=O)C(=C\CCCCCC)/C=C/CCCCCCCC(=O)OC(COC(=O)CCCCCCC/C=C/C/C=C/CCCCCC)COC(=O)CCCCCCCCCCCCCCCC. The highest BCUT2D eigenvalue weighted by atomic mass is 16.6. The number of ketones is 1. The van der Waals surface area contributed by atoms with E-state index in [1.165, 1.54) is 153 Å². The summed E-state index contributed by atoms with van der Waals surface area (Å²) in [5.74, 6) is -0.393. The zero-order chi connectivity index (χ0) is 60.4. The summed E-state index contributed by atoms with van der Waals surface area (Å²) < 4.78 is 17.1. The van der Waals surface area contributed by atoms with Crippen molar-refractivity contribution in [3.8, 4) is 0 Å². The van der Waals surface area contributed by atoms with Crippen molar-refractivity contribution in [1.82, 2.24) is 0 Å². The second-order valence-electron chi connectivity index (χ2n) is 24.0. The highest BCUT2D eigenvalue weighted by molar-refractivity contribution is 5.75. The van der Waals surface area contributed by atoms with Gasteiger partial charge in [-0.1, -0.05) is 293 Å². The second kappa shape index (κ2) is 65.8. The molecule has 7 nitrogen and oxygen atoms in total. The van der Waals surface area contributed by atoms with Crippen molar-refractivity contribution >= 4 is 23.7 Å². The molecule has 83 heavy (non-hydrogen) atoms. The Kier molecular flexibility index (Phi) is 62.8. The van der Waals surface area contributed by atoms with Gasteiger partial charge < -0.3 is 19.0 Å². The quantitative estimate of drug-likeness (QED) is 0.0197. The van der Waals surface area contributed by atoms with Gasteiger partial charge in [-0.15, -0.1) is 0 Å². The van der Waals surface area contributed by atoms with Gasteiger partial charge in [-0.3, -0.25) is 14.4 Å². The molecule has 0 bridgehead atoms. The number of hydrogen-bond donors (Lipinski definition) is 0. The number of Topliss-reactive ketones (excluding diaryl/α,β-unsaturated/α-hetero) is 1. The molecule has 0 aliphatic heterocycles. The minimum Gasteiger partial charge on any atom is -0.462 e. The molecule has 0 aliphatic rings. The minimum absolute atomic E-state index is 0.0996. The predicted molar refractivity (Wildman–Crippen MR) is 358 cm³/mol. The van der Waals surface area contributed by atoms with Gasteiger partial charge in [-0.25, -0.2) is 0 Å². The highest BCUT2D eigenvalue weighted by Crippen LogP contribution is 2.22. The largest absolute Gasteiger partial charge is 0.462 e. The summed E-state index contributed by atoms with van der Waals surface area (Å²) in [7, 11) is 0. The minimum atomic E-state index is -0.814. The first kappa shape index (κ1) is 79.3. The van der Waals surface area contributed by atoms with Gasteiger partial charge >= 0.3 is 17.9 Å². The Morgan fingerprint density at radius 1 is 0.337 bits per heavy atom. The van der Waals surface area contributed by atoms with E-state index in [0.717, 1.165) is 141 Å². The first-order chi connectivity index (χ1) is 40.8. The van der Waals surface area contributed by atoms with Gasteiger partial charge in [0.05, 0.1) is 0 Å². The molecule has 0 amide bonds. The number of hydrogen-bond acceptors (Lipinski definition) is 7. The zero-order valence-electron chi connectivity index (χ0n) is 55.1. The molecule has 0 heterocycles. The fourth-order valence-corrected chi connectivity index (χ4v) is 10.3. The molecule has 0 aromatic carbocycles. The van der Waals surface area contributed by atoms with Crippen molar-refractivity contribution in [2.45, 2.75) is 355 Å². The summed E-state index contributed by atoms with van der Waals surface area (Å²) in [5, 5.41) is 0. The maximum absolute atomic E-state index is 13.1. The van der Waals surface area contributed by atoms with Crippen molar-refractivity contribution in [3.05, 3.63) is 84.6 Å². The molecule has 478 valence electrons. The maximum Gasteiger partial charge on any atom is 0.306 e. The number of unbranched alkanes of at least 4 members (excludes halogenated alkanes) is 37. The summed E-state index contributed by atoms with van der Waals surface area (Å²) in [6, 6.07) is 0. The van der Waals surface area contributed by atoms with Crippen LogP contribution in [0.3, 0.4) is 0 Å². The third-order valence-electron chi connectivity index (χ3n) is 15.6. The van der Waals surface area contributed by atoms with E-state index >= 15 is 0 Å². The Hall–Kier alpha value is -3.74. The molecule has 0 radical (unpaired) electrons. The number of carbonyl (C=O) groups is 4. The summed E-state index contributed by atoms with van der Waals surface area (Å²) in [4.78, 5) is 50.1. The summed E-state index contributed by atoms with van der Waals surface area (Å²) >= 11 is 0. The van der Waals surface area contributed by atoms with Crippen LogP contribution in [0.4, 0.5) is 0 Å². The fourth-order valence-electron chi connectivity index (χ4n) is 10.3. The van der Waals surface area contributed by atoms with Crippen LogP contribution in [0, 0.1) is 5.92 Å². The average molecular weight is 1160 g/mol. The van der Waals surface area contributed by atoms with Crippen molar-refractivity contribution in [3.63, 3.8) is 0 Å². The Morgan fingerprint density at radius 3 is 1.18 bits per heavy atom. The Labute approximate surface area is 513 Å². The van der Waals surface area contributed by atoms with Crippen LogP contribution in [0.15, 0.2) is 84.6 Å². The third-order valence-corrected chi connectivity index (χ3v) is 15.6. The first-order valence-corrected chi connectivity index (χ1v) is 35.4. The number of allylic oxidation sites excluding steroid dienone is 14. The van der Waals surface area contributed by atoms with E-state index in [-0.39, 0.29) is 43.5 Å². The Morgan fingerprint density at radius 2 is 0.723 bits per heavy atom. The van der Waals surface area contributed by atoms with Crippen molar-refractivity contribution in [1.29, 1.82) is 0 Å². The number of rotatable bonds is 63. The maximum atomic E-state index is 13.1. The van der Waals surface area contributed by atoms with E-state index in [9.17, 15) is 19.2 Å². The van der Waals surface area contributed by atoms with Crippen LogP contribution in [0.1, 0.15) is 349 Å². The zero-order valence-corrected chi connectivity index (χ0v) is 55.1. The number of ether oxygens (including phenoxy) is 3. The second-order valence-corrected chi connectivity index (χ2v) is 24.0. The standard InChI is InChI=1S/C76H132O7/c1-6-10-14-18-20-22-24-26-28-29-31-33-35-42-50-58-66-75(79)82-69-73(68-81-74(78)65-57-49-41-34-32-30-27-25-23-21-19-15-11-7-2)83-76(80)67-59-51-43-37-40-48-56-64-72(62-54-45-17-13-9-4)71(61-53-44-16-12-8-3)63-55-47-39-36-38-46-52-60-70(5)77/h16,22,24,28-29,44,53,55-56,61-64,71,73H,6-15,17-21,23,25-27,30-43,45-52,54,57-60,65-69H2,1-5H3/b24-22+,29-28+,44-16+,61-53+,63-55+,64-56+,72-62-. The van der Waals surface area contributed by atoms with Gasteiger partial charge in [0.25, 0.3) is 0 Å². The van der Waals surface area contributed by atoms with Crippen LogP contribution in [0.25, 0.3) is 0 Å². The van der Waals surface area contributed by atoms with Gasteiger partial charge in [-0.05, 0) is 115 Å². The van der Waals surface area contributed by atoms with Crippen molar-refractivity contribution in [2.75, 3.05) is 13.2 Å². The molecule has 7 heteroatoms. The lowest BCUT2D eigenvalue weighted by Crippen LogP contribution is -2.30. The number of esters is 3. The Bertz CT molecular complexity index is 1680. The third kappa shape index (κ3) is 61.2. The van der Waals surface area contributed by atoms with Gasteiger partial charge in [0, 0.05) is 31.6 Å². The lowest BCUT2D eigenvalue weighted by Gasteiger charge is -2.18. The summed E-state index contributed by atoms with van der Waals surface area (Å²) in [6.07, 6.45) is 83.4. The van der Waals surface area contributed by atoms with Crippen LogP contribution in [0.5, 0.6) is 0 Å². The van der Waals surface area contributed by atoms with Crippen LogP contribution in [0.2, 0.25) is 0 Å². The van der Waals surface area contributed by atoms with Gasteiger partial charge in [0.2, 0.25) is 0 Å². The highest BCUT2D eigenvalue weighted by Gasteiger charge is 2.20. The van der Waals surface area contributed by atoms with Gasteiger partial charge in [0.1, 0.15) is 19.0 Å². The molecule has 0 fully saturated rings. The molecule has 0 aliphatic carbocycles. The van der Waals surface area contributed by atoms with E-state index in [1.54, 1.807) is 6.92 Å². The number of carbonyl (C=O) groups excluding carboxylic acids is 4. The molecule has 0 saturated heterocycles.